The second kappa shape index (κ2) is 15.3. The van der Waals surface area contributed by atoms with E-state index in [0.717, 1.165) is 0 Å². The molecule has 0 aliphatic heterocycles. The number of benzene rings is 2. The molecule has 0 atom stereocenters. The van der Waals surface area contributed by atoms with E-state index in [9.17, 15) is 114 Å². The van der Waals surface area contributed by atoms with Gasteiger partial charge in [-0.3, -0.25) is 0 Å². The first-order valence-corrected chi connectivity index (χ1v) is 13.1. The Balaban J connectivity index is 2.74. The van der Waals surface area contributed by atoms with E-state index in [0.29, 0.717) is 24.3 Å². The Kier molecular flexibility index (Phi) is 12.9. The first-order valence-electron chi connectivity index (χ1n) is 13.1. The summed E-state index contributed by atoms with van der Waals surface area (Å²) in [5.41, 5.74) is -18.6. The van der Waals surface area contributed by atoms with Crippen LogP contribution in [0.4, 0.5) is 114 Å². The molecule has 2 rings (SSSR count). The van der Waals surface area contributed by atoms with E-state index in [1.54, 1.807) is 0 Å². The molecule has 2 nitrogen and oxygen atoms in total. The molecule has 0 N–H and O–H groups in total. The monoisotopic (exact) mass is 870 g/mol. The topological polar surface area (TPSA) is 18.5 Å². The van der Waals surface area contributed by atoms with E-state index >= 15 is 0 Å². The number of hydrogen-bond donors (Lipinski definition) is 0. The number of alkyl halides is 24. The van der Waals surface area contributed by atoms with Crippen molar-refractivity contribution in [2.75, 3.05) is 0 Å². The molecule has 0 amide bonds. The lowest BCUT2D eigenvalue weighted by Gasteiger charge is -2.24. The summed E-state index contributed by atoms with van der Waals surface area (Å²) in [6.07, 6.45) is -55.7. The van der Waals surface area contributed by atoms with Crippen molar-refractivity contribution in [2.45, 2.75) is 49.4 Å². The van der Waals surface area contributed by atoms with Crippen molar-refractivity contribution >= 4 is 0 Å². The van der Waals surface area contributed by atoms with Crippen LogP contribution in [0.15, 0.2) is 94.0 Å². The third-order valence-corrected chi connectivity index (χ3v) is 6.02. The Hall–Kier alpha value is -4.82. The molecular weight excluding hydrogens is 862 g/mol. The molecule has 2 aromatic carbocycles. The summed E-state index contributed by atoms with van der Waals surface area (Å²) in [5, 5.41) is 0. The first-order chi connectivity index (χ1) is 24.7. The van der Waals surface area contributed by atoms with Gasteiger partial charge in [0.25, 0.3) is 0 Å². The van der Waals surface area contributed by atoms with Crippen molar-refractivity contribution < 1.29 is 124 Å². The van der Waals surface area contributed by atoms with Gasteiger partial charge in [0.1, 0.15) is 33.8 Å². The fraction of sp³-hybridized carbons (Fsp3) is 0.286. The minimum atomic E-state index is -7.11. The summed E-state index contributed by atoms with van der Waals surface area (Å²) < 4.78 is 353. The average Bonchev–Trinajstić information content (AvgIpc) is 2.96. The van der Waals surface area contributed by atoms with Crippen molar-refractivity contribution in [1.82, 2.24) is 0 Å². The quantitative estimate of drug-likeness (QED) is 0.157. The van der Waals surface area contributed by atoms with Gasteiger partial charge in [-0.1, -0.05) is 24.3 Å². The van der Waals surface area contributed by atoms with Crippen LogP contribution in [0.3, 0.4) is 0 Å². The van der Waals surface area contributed by atoms with Gasteiger partial charge in [0.15, 0.2) is 0 Å². The Bertz CT molecular complexity index is 1710. The molecule has 0 saturated carbocycles. The van der Waals surface area contributed by atoms with Crippen LogP contribution in [0, 0.1) is 0 Å². The smallest absolute Gasteiger partial charge is 0.450 e. The van der Waals surface area contributed by atoms with E-state index in [1.165, 1.54) is 0 Å². The largest absolute Gasteiger partial charge is 0.451 e. The molecule has 0 radical (unpaired) electrons. The molecule has 0 aliphatic carbocycles. The maximum absolute atomic E-state index is 13.6. The lowest BCUT2D eigenvalue weighted by Crippen LogP contribution is -2.33. The summed E-state index contributed by atoms with van der Waals surface area (Å²) in [6, 6.07) is 2.40. The molecule has 0 fully saturated rings. The number of ether oxygens (including phenoxy) is 2. The molecule has 0 spiro atoms. The highest BCUT2D eigenvalue weighted by Gasteiger charge is 2.60. The standard InChI is InChI=1S/C28H8F26O2/c29-17(25(43,44)45)13(21(31,32)33)15(23(37,38)39)19(27(49,50)51)55-11-5-1-9(2-6-11)10-3-7-12(8-4-10)56-20(28(52,53)54)16(24(40,41)42)14(22(34,35)36)18(30)26(46,47)48/h1-8H/b17-13-,18-14-,19-15-,20-16-. The normalized spacial score (nSPS) is 16.1. The van der Waals surface area contributed by atoms with Crippen LogP contribution >= 0.6 is 0 Å². The van der Waals surface area contributed by atoms with Crippen LogP contribution in [0.25, 0.3) is 11.1 Å². The summed E-state index contributed by atoms with van der Waals surface area (Å²) in [4.78, 5) is 0. The first kappa shape index (κ1) is 47.3. The highest BCUT2D eigenvalue weighted by Crippen LogP contribution is 2.51. The number of rotatable bonds is 7. The third-order valence-electron chi connectivity index (χ3n) is 6.02. The van der Waals surface area contributed by atoms with Crippen LogP contribution in [0.5, 0.6) is 11.5 Å². The molecule has 0 aromatic heterocycles. The molecule has 0 bridgehead atoms. The molecule has 314 valence electrons. The maximum atomic E-state index is 13.6. The predicted octanol–water partition coefficient (Wildman–Crippen LogP) is 13.6. The Morgan fingerprint density at radius 2 is 0.500 bits per heavy atom. The predicted molar refractivity (Wildman–Crippen MR) is 132 cm³/mol. The van der Waals surface area contributed by atoms with E-state index in [2.05, 4.69) is 9.47 Å². The van der Waals surface area contributed by atoms with Gasteiger partial charge < -0.3 is 9.47 Å². The molecule has 0 aliphatic rings. The maximum Gasteiger partial charge on any atom is 0.450 e. The van der Waals surface area contributed by atoms with Crippen molar-refractivity contribution in [3.63, 3.8) is 0 Å². The van der Waals surface area contributed by atoms with Crippen molar-refractivity contribution in [3.8, 4) is 22.6 Å². The molecule has 0 heterocycles. The van der Waals surface area contributed by atoms with Crippen LogP contribution in [0.1, 0.15) is 0 Å². The van der Waals surface area contributed by atoms with Crippen LogP contribution in [-0.2, 0) is 0 Å². The Morgan fingerprint density at radius 1 is 0.286 bits per heavy atom. The summed E-state index contributed by atoms with van der Waals surface area (Å²) in [6.45, 7) is 0. The molecular formula is C28H8F26O2. The summed E-state index contributed by atoms with van der Waals surface area (Å²) >= 11 is 0. The zero-order valence-corrected chi connectivity index (χ0v) is 25.3. The van der Waals surface area contributed by atoms with Crippen LogP contribution < -0.4 is 9.47 Å². The van der Waals surface area contributed by atoms with Crippen LogP contribution in [-0.4, -0.2) is 49.4 Å². The highest BCUT2D eigenvalue weighted by molar-refractivity contribution is 5.65. The van der Waals surface area contributed by atoms with E-state index in [4.69, 9.17) is 0 Å². The van der Waals surface area contributed by atoms with Gasteiger partial charge in [0.2, 0.25) is 23.2 Å². The van der Waals surface area contributed by atoms with E-state index < -0.39 is 118 Å². The zero-order valence-electron chi connectivity index (χ0n) is 25.3. The lowest BCUT2D eigenvalue weighted by atomic mass is 10.0. The fourth-order valence-electron chi connectivity index (χ4n) is 3.97. The molecule has 28 heteroatoms. The van der Waals surface area contributed by atoms with Crippen molar-refractivity contribution in [3.05, 3.63) is 94.0 Å². The Morgan fingerprint density at radius 3 is 0.661 bits per heavy atom. The number of allylic oxidation sites excluding steroid dienone is 8. The second-order valence-corrected chi connectivity index (χ2v) is 10.0. The number of halogens is 26. The van der Waals surface area contributed by atoms with Gasteiger partial charge in [-0.05, 0) is 35.4 Å². The zero-order chi connectivity index (χ0) is 44.0. The van der Waals surface area contributed by atoms with E-state index in [-0.39, 0.29) is 24.3 Å². The van der Waals surface area contributed by atoms with Gasteiger partial charge in [-0.2, -0.15) is 105 Å². The fourth-order valence-corrected chi connectivity index (χ4v) is 3.97. The van der Waals surface area contributed by atoms with Crippen molar-refractivity contribution in [2.24, 2.45) is 0 Å². The third kappa shape index (κ3) is 11.6. The second-order valence-electron chi connectivity index (χ2n) is 10.0. The summed E-state index contributed by atoms with van der Waals surface area (Å²) in [5.74, 6) is -20.2. The minimum absolute atomic E-state index is 0.150. The average molecular weight is 870 g/mol. The molecule has 0 saturated heterocycles. The lowest BCUT2D eigenvalue weighted by molar-refractivity contribution is -0.149. The highest BCUT2D eigenvalue weighted by atomic mass is 19.4. The van der Waals surface area contributed by atoms with Gasteiger partial charge in [-0.15, -0.1) is 0 Å². The SMILES string of the molecule is F/C(=C(/C(=C(/Oc1ccc(-c2ccc(O/C(=C(/C(=C(/F)C(F)(F)F)C(F)(F)F)C(F)(F)F)C(F)(F)F)cc2)cc1)C(F)(F)F)C(F)(F)F)C(F)(F)F)C(F)(F)F. The number of hydrogen-bond acceptors (Lipinski definition) is 2. The van der Waals surface area contributed by atoms with Gasteiger partial charge in [-0.25, -0.2) is 8.78 Å². The van der Waals surface area contributed by atoms with E-state index in [1.807, 2.05) is 0 Å². The molecule has 56 heavy (non-hydrogen) atoms. The van der Waals surface area contributed by atoms with Crippen LogP contribution in [0.2, 0.25) is 0 Å². The van der Waals surface area contributed by atoms with Crippen molar-refractivity contribution in [1.29, 1.82) is 0 Å². The van der Waals surface area contributed by atoms with Gasteiger partial charge in [0.05, 0.1) is 0 Å². The van der Waals surface area contributed by atoms with Gasteiger partial charge >= 0.3 is 49.4 Å². The Labute approximate surface area is 290 Å². The molecule has 2 aromatic rings. The minimum Gasteiger partial charge on any atom is -0.451 e. The summed E-state index contributed by atoms with van der Waals surface area (Å²) in [7, 11) is 0. The molecule has 0 unspecified atom stereocenters. The van der Waals surface area contributed by atoms with Gasteiger partial charge in [0, 0.05) is 0 Å².